The SMILES string of the molecule is CCCN1C2=C(C(=O)CC(C)(C)C2)C(c2cc(Br)cc(Br)c2OCC(=O)Nc2ccc(C)cc2)C2=C1CC(C)(C)CC2=O. The molecule has 3 aliphatic rings. The van der Waals surface area contributed by atoms with Gasteiger partial charge in [-0.2, -0.15) is 0 Å². The Hall–Kier alpha value is -2.71. The molecule has 228 valence electrons. The normalized spacial score (nSPS) is 19.8. The number of aryl methyl sites for hydroxylation is 1. The molecule has 1 amide bonds. The molecule has 0 aromatic heterocycles. The van der Waals surface area contributed by atoms with E-state index in [2.05, 4.69) is 76.7 Å². The minimum Gasteiger partial charge on any atom is -0.482 e. The van der Waals surface area contributed by atoms with E-state index in [4.69, 9.17) is 4.74 Å². The number of carbonyl (C=O) groups is 3. The van der Waals surface area contributed by atoms with Gasteiger partial charge in [0.2, 0.25) is 0 Å². The van der Waals surface area contributed by atoms with E-state index in [-0.39, 0.29) is 34.9 Å². The number of anilines is 1. The Morgan fingerprint density at radius 1 is 0.930 bits per heavy atom. The summed E-state index contributed by atoms with van der Waals surface area (Å²) in [6, 6.07) is 11.4. The minimum absolute atomic E-state index is 0.0701. The topological polar surface area (TPSA) is 75.7 Å². The highest BCUT2D eigenvalue weighted by molar-refractivity contribution is 9.11. The average Bonchev–Trinajstić information content (AvgIpc) is 2.88. The lowest BCUT2D eigenvalue weighted by atomic mass is 9.63. The number of allylic oxidation sites excluding steroid dienone is 4. The van der Waals surface area contributed by atoms with Crippen LogP contribution >= 0.6 is 31.9 Å². The Morgan fingerprint density at radius 2 is 1.49 bits per heavy atom. The van der Waals surface area contributed by atoms with Gasteiger partial charge in [0.1, 0.15) is 5.75 Å². The Kier molecular flexibility index (Phi) is 8.85. The summed E-state index contributed by atoms with van der Waals surface area (Å²) in [6.07, 6.45) is 3.22. The van der Waals surface area contributed by atoms with Crippen LogP contribution in [0.15, 0.2) is 67.9 Å². The maximum atomic E-state index is 14.1. The van der Waals surface area contributed by atoms with E-state index in [1.165, 1.54) is 0 Å². The zero-order valence-electron chi connectivity index (χ0n) is 25.8. The first-order valence-corrected chi connectivity index (χ1v) is 16.6. The lowest BCUT2D eigenvalue weighted by Gasteiger charge is -2.49. The highest BCUT2D eigenvalue weighted by Gasteiger charge is 2.49. The van der Waals surface area contributed by atoms with Crippen molar-refractivity contribution in [2.45, 2.75) is 79.6 Å². The van der Waals surface area contributed by atoms with Gasteiger partial charge >= 0.3 is 0 Å². The quantitative estimate of drug-likeness (QED) is 0.311. The van der Waals surface area contributed by atoms with Gasteiger partial charge in [-0.1, -0.05) is 68.2 Å². The smallest absolute Gasteiger partial charge is 0.262 e. The van der Waals surface area contributed by atoms with Crippen molar-refractivity contribution >= 4 is 55.0 Å². The van der Waals surface area contributed by atoms with Crippen LogP contribution in [-0.2, 0) is 14.4 Å². The van der Waals surface area contributed by atoms with Gasteiger partial charge in [0, 0.05) is 63.6 Å². The van der Waals surface area contributed by atoms with Crippen LogP contribution in [0.1, 0.15) is 83.8 Å². The van der Waals surface area contributed by atoms with Gasteiger partial charge in [-0.3, -0.25) is 14.4 Å². The van der Waals surface area contributed by atoms with E-state index >= 15 is 0 Å². The van der Waals surface area contributed by atoms with Gasteiger partial charge in [0.25, 0.3) is 5.91 Å². The van der Waals surface area contributed by atoms with Gasteiger partial charge in [-0.15, -0.1) is 0 Å². The van der Waals surface area contributed by atoms with Crippen molar-refractivity contribution < 1.29 is 19.1 Å². The molecule has 0 bridgehead atoms. The fourth-order valence-corrected chi connectivity index (χ4v) is 8.14. The summed E-state index contributed by atoms with van der Waals surface area (Å²) in [7, 11) is 0. The second kappa shape index (κ2) is 12.0. The van der Waals surface area contributed by atoms with E-state index < -0.39 is 5.92 Å². The van der Waals surface area contributed by atoms with Crippen molar-refractivity contribution in [3.8, 4) is 5.75 Å². The van der Waals surface area contributed by atoms with Crippen molar-refractivity contribution in [1.82, 2.24) is 4.90 Å². The van der Waals surface area contributed by atoms with Crippen molar-refractivity contribution in [2.75, 3.05) is 18.5 Å². The van der Waals surface area contributed by atoms with Gasteiger partial charge in [0.05, 0.1) is 4.47 Å². The molecule has 0 radical (unpaired) electrons. The number of benzene rings is 2. The van der Waals surface area contributed by atoms with Crippen LogP contribution in [0.3, 0.4) is 0 Å². The lowest BCUT2D eigenvalue weighted by molar-refractivity contribution is -0.120. The third-order valence-electron chi connectivity index (χ3n) is 8.50. The fourth-order valence-electron chi connectivity index (χ4n) is 6.77. The van der Waals surface area contributed by atoms with E-state index in [1.807, 2.05) is 43.3 Å². The summed E-state index contributed by atoms with van der Waals surface area (Å²) < 4.78 is 7.69. The zero-order valence-corrected chi connectivity index (χ0v) is 29.0. The molecule has 1 N–H and O–H groups in total. The van der Waals surface area contributed by atoms with Crippen LogP contribution in [0.2, 0.25) is 0 Å². The number of hydrogen-bond donors (Lipinski definition) is 1. The molecule has 1 aliphatic heterocycles. The number of carbonyl (C=O) groups excluding carboxylic acids is 3. The van der Waals surface area contributed by atoms with Gasteiger partial charge in [-0.25, -0.2) is 0 Å². The van der Waals surface area contributed by atoms with E-state index in [0.29, 0.717) is 45.5 Å². The third kappa shape index (κ3) is 6.56. The number of hydrogen-bond acceptors (Lipinski definition) is 5. The Balaban J connectivity index is 1.63. The molecular formula is C35H40Br2N2O4. The van der Waals surface area contributed by atoms with Crippen molar-refractivity contribution in [1.29, 1.82) is 0 Å². The summed E-state index contributed by atoms with van der Waals surface area (Å²) in [6.45, 7) is 13.2. The predicted octanol–water partition coefficient (Wildman–Crippen LogP) is 8.63. The number of nitrogens with zero attached hydrogens (tertiary/aromatic N) is 1. The minimum atomic E-state index is -0.575. The standard InChI is InChI=1S/C35H40Br2N2O4/c1-7-12-39-25-15-34(3,4)17-27(40)31(25)30(32-26(39)16-35(5,6)18-28(32)41)23-13-21(36)14-24(37)33(23)43-19-29(42)38-22-10-8-20(2)9-11-22/h8-11,13-14,30H,7,12,15-19H2,1-6H3,(H,38,42). The number of nitrogens with one attached hydrogen (secondary N) is 1. The first-order valence-electron chi connectivity index (χ1n) is 15.0. The molecule has 43 heavy (non-hydrogen) atoms. The predicted molar refractivity (Wildman–Crippen MR) is 177 cm³/mol. The molecule has 1 heterocycles. The van der Waals surface area contributed by atoms with Crippen LogP contribution in [0, 0.1) is 17.8 Å². The Bertz CT molecular complexity index is 1500. The second-order valence-corrected chi connectivity index (χ2v) is 15.5. The first-order chi connectivity index (χ1) is 20.2. The number of rotatable bonds is 7. The molecule has 5 rings (SSSR count). The van der Waals surface area contributed by atoms with Crippen LogP contribution in [0.4, 0.5) is 5.69 Å². The highest BCUT2D eigenvalue weighted by atomic mass is 79.9. The lowest BCUT2D eigenvalue weighted by Crippen LogP contribution is -2.44. The monoisotopic (exact) mass is 710 g/mol. The number of amides is 1. The summed E-state index contributed by atoms with van der Waals surface area (Å²) in [5, 5.41) is 2.89. The largest absolute Gasteiger partial charge is 0.482 e. The van der Waals surface area contributed by atoms with Crippen LogP contribution in [-0.4, -0.2) is 35.5 Å². The average molecular weight is 713 g/mol. The Morgan fingerprint density at radius 3 is 2.02 bits per heavy atom. The molecule has 0 atom stereocenters. The maximum Gasteiger partial charge on any atom is 0.262 e. The van der Waals surface area contributed by atoms with E-state index in [1.54, 1.807) is 0 Å². The fraction of sp³-hybridized carbons (Fsp3) is 0.457. The molecule has 0 unspecified atom stereocenters. The molecule has 2 aromatic rings. The molecular weight excluding hydrogens is 672 g/mol. The van der Waals surface area contributed by atoms with Gasteiger partial charge < -0.3 is 15.0 Å². The number of halogens is 2. The Labute approximate surface area is 271 Å². The zero-order chi connectivity index (χ0) is 31.3. The molecule has 8 heteroatoms. The van der Waals surface area contributed by atoms with Crippen molar-refractivity contribution in [3.63, 3.8) is 0 Å². The summed E-state index contributed by atoms with van der Waals surface area (Å²) in [5.74, 6) is -0.269. The molecule has 2 aromatic carbocycles. The van der Waals surface area contributed by atoms with Crippen molar-refractivity contribution in [3.05, 3.63) is 79.0 Å². The van der Waals surface area contributed by atoms with Crippen LogP contribution in [0.25, 0.3) is 0 Å². The van der Waals surface area contributed by atoms with E-state index in [0.717, 1.165) is 47.2 Å². The number of Topliss-reactive ketones (excluding diaryl/α,β-unsaturated/α-hetero) is 2. The molecule has 0 saturated carbocycles. The molecule has 2 aliphatic carbocycles. The number of ketones is 2. The molecule has 0 fully saturated rings. The number of ether oxygens (including phenoxy) is 1. The molecule has 0 spiro atoms. The molecule has 0 saturated heterocycles. The van der Waals surface area contributed by atoms with Crippen LogP contribution in [0.5, 0.6) is 5.75 Å². The van der Waals surface area contributed by atoms with Crippen molar-refractivity contribution in [2.24, 2.45) is 10.8 Å². The third-order valence-corrected chi connectivity index (χ3v) is 9.55. The summed E-state index contributed by atoms with van der Waals surface area (Å²) in [4.78, 5) is 43.5. The molecule has 6 nitrogen and oxygen atoms in total. The van der Waals surface area contributed by atoms with E-state index in [9.17, 15) is 14.4 Å². The summed E-state index contributed by atoms with van der Waals surface area (Å²) >= 11 is 7.32. The second-order valence-electron chi connectivity index (χ2n) is 13.7. The maximum absolute atomic E-state index is 14.1. The van der Waals surface area contributed by atoms with Crippen LogP contribution < -0.4 is 10.1 Å². The van der Waals surface area contributed by atoms with Gasteiger partial charge in [-0.05, 0) is 77.2 Å². The highest BCUT2D eigenvalue weighted by Crippen LogP contribution is 2.56. The summed E-state index contributed by atoms with van der Waals surface area (Å²) in [5.41, 5.74) is 5.56. The first kappa shape index (κ1) is 31.7. The van der Waals surface area contributed by atoms with Gasteiger partial charge in [0.15, 0.2) is 18.2 Å².